The van der Waals surface area contributed by atoms with Gasteiger partial charge in [0.2, 0.25) is 0 Å². The Morgan fingerprint density at radius 3 is 2.46 bits per heavy atom. The number of benzene rings is 1. The van der Waals surface area contributed by atoms with Gasteiger partial charge in [0.25, 0.3) is 11.8 Å². The van der Waals surface area contributed by atoms with Crippen LogP contribution >= 0.6 is 0 Å². The van der Waals surface area contributed by atoms with Gasteiger partial charge in [-0.2, -0.15) is 0 Å². The van der Waals surface area contributed by atoms with Crippen molar-refractivity contribution in [3.8, 4) is 0 Å². The van der Waals surface area contributed by atoms with E-state index in [2.05, 4.69) is 10.5 Å². The Balaban J connectivity index is 1.64. The Morgan fingerprint density at radius 1 is 1.21 bits per heavy atom. The Morgan fingerprint density at radius 2 is 1.88 bits per heavy atom. The summed E-state index contributed by atoms with van der Waals surface area (Å²) < 4.78 is 5.19. The van der Waals surface area contributed by atoms with Gasteiger partial charge in [0, 0.05) is 36.3 Å². The molecule has 0 atom stereocenters. The number of hydrogen-bond acceptors (Lipinski definition) is 4. The van der Waals surface area contributed by atoms with Crippen LogP contribution in [0.4, 0.5) is 5.69 Å². The molecule has 0 spiro atoms. The van der Waals surface area contributed by atoms with Crippen LogP contribution in [-0.2, 0) is 0 Å². The zero-order valence-corrected chi connectivity index (χ0v) is 13.9. The summed E-state index contributed by atoms with van der Waals surface area (Å²) in [6.07, 6.45) is 2.19. The highest BCUT2D eigenvalue weighted by Gasteiger charge is 2.28. The van der Waals surface area contributed by atoms with Gasteiger partial charge in [0.15, 0.2) is 5.69 Å². The van der Waals surface area contributed by atoms with Crippen LogP contribution in [0.1, 0.15) is 59.2 Å². The number of carbonyl (C=O) groups excluding carboxylic acids is 2. The van der Waals surface area contributed by atoms with Crippen molar-refractivity contribution >= 4 is 17.5 Å². The molecule has 24 heavy (non-hydrogen) atoms. The number of hydrogen-bond donors (Lipinski definition) is 1. The van der Waals surface area contributed by atoms with E-state index in [4.69, 9.17) is 4.52 Å². The lowest BCUT2D eigenvalue weighted by Gasteiger charge is -2.18. The molecule has 126 valence electrons. The molecule has 1 fully saturated rings. The van der Waals surface area contributed by atoms with Gasteiger partial charge < -0.3 is 14.7 Å². The molecule has 1 aromatic heterocycles. The van der Waals surface area contributed by atoms with E-state index in [0.717, 1.165) is 18.6 Å². The highest BCUT2D eigenvalue weighted by Crippen LogP contribution is 2.40. The second-order valence-corrected chi connectivity index (χ2v) is 5.90. The average molecular weight is 327 g/mol. The van der Waals surface area contributed by atoms with Crippen LogP contribution in [0.3, 0.4) is 0 Å². The summed E-state index contributed by atoms with van der Waals surface area (Å²) in [6, 6.07) is 8.57. The van der Waals surface area contributed by atoms with Crippen molar-refractivity contribution in [2.24, 2.45) is 0 Å². The topological polar surface area (TPSA) is 75.4 Å². The zero-order valence-electron chi connectivity index (χ0n) is 13.9. The summed E-state index contributed by atoms with van der Waals surface area (Å²) in [7, 11) is 0. The standard InChI is InChI=1S/C18H21N3O3/c1-3-21(4-2)18(23)13-7-9-14(10-8-13)19-17(22)15-11-16(24-20-15)12-5-6-12/h7-12H,3-6H2,1-2H3,(H,19,22). The second kappa shape index (κ2) is 6.86. The molecule has 2 aromatic rings. The Kier molecular flexibility index (Phi) is 4.64. The minimum Gasteiger partial charge on any atom is -0.360 e. The molecule has 1 aliphatic carbocycles. The van der Waals surface area contributed by atoms with Gasteiger partial charge >= 0.3 is 0 Å². The van der Waals surface area contributed by atoms with Gasteiger partial charge in [-0.1, -0.05) is 5.16 Å². The van der Waals surface area contributed by atoms with Crippen molar-refractivity contribution in [3.05, 3.63) is 47.3 Å². The maximum atomic E-state index is 12.3. The number of amides is 2. The van der Waals surface area contributed by atoms with Crippen molar-refractivity contribution in [1.29, 1.82) is 0 Å². The van der Waals surface area contributed by atoms with Gasteiger partial charge in [0.05, 0.1) is 0 Å². The fourth-order valence-corrected chi connectivity index (χ4v) is 2.54. The van der Waals surface area contributed by atoms with E-state index in [1.807, 2.05) is 13.8 Å². The maximum Gasteiger partial charge on any atom is 0.277 e. The van der Waals surface area contributed by atoms with Gasteiger partial charge in [-0.25, -0.2) is 0 Å². The number of carbonyl (C=O) groups is 2. The van der Waals surface area contributed by atoms with Gasteiger partial charge in [0.1, 0.15) is 5.76 Å². The van der Waals surface area contributed by atoms with Crippen LogP contribution in [0.25, 0.3) is 0 Å². The van der Waals surface area contributed by atoms with E-state index in [0.29, 0.717) is 30.3 Å². The molecule has 1 heterocycles. The third kappa shape index (κ3) is 3.48. The second-order valence-electron chi connectivity index (χ2n) is 5.90. The maximum absolute atomic E-state index is 12.3. The molecule has 1 aromatic carbocycles. The summed E-state index contributed by atoms with van der Waals surface area (Å²) in [5, 5.41) is 6.58. The average Bonchev–Trinajstić information content (AvgIpc) is 3.33. The number of nitrogens with one attached hydrogen (secondary N) is 1. The predicted molar refractivity (Wildman–Crippen MR) is 90.1 cm³/mol. The molecule has 0 saturated heterocycles. The van der Waals surface area contributed by atoms with E-state index in [1.165, 1.54) is 0 Å². The molecule has 0 radical (unpaired) electrons. The van der Waals surface area contributed by atoms with Crippen LogP contribution in [0.2, 0.25) is 0 Å². The van der Waals surface area contributed by atoms with Crippen molar-refractivity contribution in [3.63, 3.8) is 0 Å². The SMILES string of the molecule is CCN(CC)C(=O)c1ccc(NC(=O)c2cc(C3CC3)on2)cc1. The number of rotatable bonds is 6. The van der Waals surface area contributed by atoms with Crippen molar-refractivity contribution in [1.82, 2.24) is 10.1 Å². The smallest absolute Gasteiger partial charge is 0.277 e. The monoisotopic (exact) mass is 327 g/mol. The molecule has 3 rings (SSSR count). The molecule has 0 aliphatic heterocycles. The summed E-state index contributed by atoms with van der Waals surface area (Å²) in [4.78, 5) is 26.2. The Hall–Kier alpha value is -2.63. The number of nitrogens with zero attached hydrogens (tertiary/aromatic N) is 2. The van der Waals surface area contributed by atoms with Gasteiger partial charge in [-0.05, 0) is 51.0 Å². The fraction of sp³-hybridized carbons (Fsp3) is 0.389. The van der Waals surface area contributed by atoms with Gasteiger partial charge in [-0.3, -0.25) is 9.59 Å². The predicted octanol–water partition coefficient (Wildman–Crippen LogP) is 3.29. The van der Waals surface area contributed by atoms with E-state index in [1.54, 1.807) is 35.2 Å². The highest BCUT2D eigenvalue weighted by molar-refractivity contribution is 6.03. The van der Waals surface area contributed by atoms with Crippen LogP contribution in [0, 0.1) is 0 Å². The molecule has 0 unspecified atom stereocenters. The lowest BCUT2D eigenvalue weighted by atomic mass is 10.1. The van der Waals surface area contributed by atoms with Crippen molar-refractivity contribution < 1.29 is 14.1 Å². The highest BCUT2D eigenvalue weighted by atomic mass is 16.5. The quantitative estimate of drug-likeness (QED) is 0.883. The molecule has 2 amide bonds. The third-order valence-corrected chi connectivity index (χ3v) is 4.18. The normalized spacial score (nSPS) is 13.6. The Bertz CT molecular complexity index is 728. The number of anilines is 1. The summed E-state index contributed by atoms with van der Waals surface area (Å²) in [5.41, 5.74) is 1.50. The summed E-state index contributed by atoms with van der Waals surface area (Å²) in [6.45, 7) is 5.24. The number of aromatic nitrogens is 1. The van der Waals surface area contributed by atoms with E-state index in [-0.39, 0.29) is 17.5 Å². The van der Waals surface area contributed by atoms with Crippen molar-refractivity contribution in [2.45, 2.75) is 32.6 Å². The zero-order chi connectivity index (χ0) is 17.1. The molecule has 1 N–H and O–H groups in total. The molecule has 6 heteroatoms. The van der Waals surface area contributed by atoms with Crippen LogP contribution in [0.5, 0.6) is 0 Å². The van der Waals surface area contributed by atoms with Crippen LogP contribution in [-0.4, -0.2) is 35.0 Å². The van der Waals surface area contributed by atoms with Gasteiger partial charge in [-0.15, -0.1) is 0 Å². The van der Waals surface area contributed by atoms with Crippen LogP contribution in [0.15, 0.2) is 34.9 Å². The first-order chi connectivity index (χ1) is 11.6. The first kappa shape index (κ1) is 16.2. The van der Waals surface area contributed by atoms with E-state index < -0.39 is 0 Å². The summed E-state index contributed by atoms with van der Waals surface area (Å²) in [5.74, 6) is 0.877. The lowest BCUT2D eigenvalue weighted by molar-refractivity contribution is 0.0773. The van der Waals surface area contributed by atoms with Crippen LogP contribution < -0.4 is 5.32 Å². The molecule has 0 bridgehead atoms. The first-order valence-corrected chi connectivity index (χ1v) is 8.29. The molecular weight excluding hydrogens is 306 g/mol. The first-order valence-electron chi connectivity index (χ1n) is 8.29. The van der Waals surface area contributed by atoms with Crippen molar-refractivity contribution in [2.75, 3.05) is 18.4 Å². The molecule has 6 nitrogen and oxygen atoms in total. The molecular formula is C18H21N3O3. The summed E-state index contributed by atoms with van der Waals surface area (Å²) >= 11 is 0. The molecule has 1 aliphatic rings. The van der Waals surface area contributed by atoms with E-state index in [9.17, 15) is 9.59 Å². The minimum absolute atomic E-state index is 0.0107. The Labute approximate surface area is 140 Å². The largest absolute Gasteiger partial charge is 0.360 e. The fourth-order valence-electron chi connectivity index (χ4n) is 2.54. The molecule has 1 saturated carbocycles. The third-order valence-electron chi connectivity index (χ3n) is 4.18. The lowest BCUT2D eigenvalue weighted by Crippen LogP contribution is -2.30. The van der Waals surface area contributed by atoms with E-state index >= 15 is 0 Å². The minimum atomic E-state index is -0.312.